The number of carbonyl (C=O) groups excluding carboxylic acids is 1. The predicted octanol–water partition coefficient (Wildman–Crippen LogP) is 4.29. The van der Waals surface area contributed by atoms with Crippen molar-refractivity contribution in [2.75, 3.05) is 18.5 Å². The minimum absolute atomic E-state index is 0.0482. The fourth-order valence-corrected chi connectivity index (χ4v) is 4.76. The molecule has 0 atom stereocenters. The normalized spacial score (nSPS) is 11.3. The minimum Gasteiger partial charge on any atom is -0.497 e. The van der Waals surface area contributed by atoms with E-state index < -0.39 is 21.6 Å². The molecule has 0 amide bonds. The van der Waals surface area contributed by atoms with Crippen LogP contribution in [0.5, 0.6) is 5.75 Å². The van der Waals surface area contributed by atoms with Crippen LogP contribution in [0.1, 0.15) is 21.5 Å². The maximum Gasteiger partial charge on any atom is 0.338 e. The largest absolute Gasteiger partial charge is 0.497 e. The highest BCUT2D eigenvalue weighted by Gasteiger charge is 2.23. The van der Waals surface area contributed by atoms with Crippen LogP contribution < -0.4 is 14.7 Å². The number of methoxy groups -OCH3 is 1. The molecule has 1 heterocycles. The molecule has 35 heavy (non-hydrogen) atoms. The van der Waals surface area contributed by atoms with Crippen molar-refractivity contribution >= 4 is 32.6 Å². The van der Waals surface area contributed by atoms with Crippen molar-refractivity contribution in [1.29, 1.82) is 0 Å². The number of carbonyl (C=O) groups is 1. The Morgan fingerprint density at radius 3 is 2.46 bits per heavy atom. The summed E-state index contributed by atoms with van der Waals surface area (Å²) in [5.41, 5.74) is 1.73. The molecule has 0 saturated carbocycles. The third kappa shape index (κ3) is 5.04. The third-order valence-corrected chi connectivity index (χ3v) is 7.30. The lowest BCUT2D eigenvalue weighted by Crippen LogP contribution is -2.26. The molecule has 4 aromatic rings. The Morgan fingerprint density at radius 2 is 1.74 bits per heavy atom. The number of ether oxygens (including phenoxy) is 2. The van der Waals surface area contributed by atoms with E-state index in [-0.39, 0.29) is 17.1 Å². The molecule has 0 spiro atoms. The van der Waals surface area contributed by atoms with Crippen LogP contribution >= 0.6 is 0 Å². The van der Waals surface area contributed by atoms with Gasteiger partial charge in [0, 0.05) is 30.1 Å². The van der Waals surface area contributed by atoms with E-state index in [9.17, 15) is 18.0 Å². The van der Waals surface area contributed by atoms with Gasteiger partial charge in [-0.1, -0.05) is 23.8 Å². The summed E-state index contributed by atoms with van der Waals surface area (Å²) in [4.78, 5) is 24.6. The van der Waals surface area contributed by atoms with Crippen LogP contribution in [0.2, 0.25) is 0 Å². The fourth-order valence-electron chi connectivity index (χ4n) is 3.52. The molecule has 0 saturated heterocycles. The van der Waals surface area contributed by atoms with E-state index in [1.165, 1.54) is 44.5 Å². The number of benzene rings is 3. The minimum atomic E-state index is -3.91. The molecule has 180 valence electrons. The monoisotopic (exact) mass is 493 g/mol. The lowest BCUT2D eigenvalue weighted by Gasteiger charge is -2.20. The van der Waals surface area contributed by atoms with Gasteiger partial charge in [0.25, 0.3) is 10.0 Å². The fraction of sp³-hybridized carbons (Fsp3) is 0.154. The molecular formula is C26H23NO7S. The molecule has 4 rings (SSSR count). The number of fused-ring (bicyclic) bond motifs is 1. The number of esters is 1. The summed E-state index contributed by atoms with van der Waals surface area (Å²) < 4.78 is 43.2. The lowest BCUT2D eigenvalue weighted by molar-refractivity contribution is 0.0473. The van der Waals surface area contributed by atoms with Crippen molar-refractivity contribution in [1.82, 2.24) is 0 Å². The molecule has 0 aliphatic heterocycles. The Morgan fingerprint density at radius 1 is 1.00 bits per heavy atom. The standard InChI is InChI=1S/C26H23NO7S/c1-17-7-9-20(10-8-17)27(2)35(30,31)22-6-4-5-18(13-22)26(29)33-16-19-14-25(28)34-24-15-21(32-3)11-12-23(19)24/h4-15H,16H2,1-3H3. The van der Waals surface area contributed by atoms with Gasteiger partial charge in [0.15, 0.2) is 0 Å². The summed E-state index contributed by atoms with van der Waals surface area (Å²) in [6.45, 7) is 1.71. The zero-order chi connectivity index (χ0) is 25.2. The van der Waals surface area contributed by atoms with E-state index in [1.54, 1.807) is 30.3 Å². The zero-order valence-corrected chi connectivity index (χ0v) is 20.2. The second-order valence-electron chi connectivity index (χ2n) is 7.86. The van der Waals surface area contributed by atoms with Crippen LogP contribution in [-0.4, -0.2) is 28.5 Å². The summed E-state index contributed by atoms with van der Waals surface area (Å²) in [5, 5.41) is 0.592. The summed E-state index contributed by atoms with van der Waals surface area (Å²) in [5.74, 6) is -0.210. The Bertz CT molecular complexity index is 1560. The third-order valence-electron chi connectivity index (χ3n) is 5.52. The second-order valence-corrected chi connectivity index (χ2v) is 9.83. The van der Waals surface area contributed by atoms with E-state index in [0.717, 1.165) is 9.87 Å². The van der Waals surface area contributed by atoms with Crippen molar-refractivity contribution < 1.29 is 27.1 Å². The van der Waals surface area contributed by atoms with Crippen molar-refractivity contribution in [3.8, 4) is 5.75 Å². The van der Waals surface area contributed by atoms with Gasteiger partial charge in [0.2, 0.25) is 0 Å². The lowest BCUT2D eigenvalue weighted by atomic mass is 10.1. The average Bonchev–Trinajstić information content (AvgIpc) is 2.86. The Hall–Kier alpha value is -4.11. The number of hydrogen-bond donors (Lipinski definition) is 0. The summed E-state index contributed by atoms with van der Waals surface area (Å²) in [6, 6.07) is 18.9. The first-order valence-electron chi connectivity index (χ1n) is 10.6. The van der Waals surface area contributed by atoms with E-state index in [2.05, 4.69) is 0 Å². The summed E-state index contributed by atoms with van der Waals surface area (Å²) >= 11 is 0. The van der Waals surface area contributed by atoms with E-state index >= 15 is 0 Å². The molecule has 0 aliphatic carbocycles. The molecule has 1 aromatic heterocycles. The van der Waals surface area contributed by atoms with Gasteiger partial charge in [0.05, 0.1) is 23.3 Å². The number of sulfonamides is 1. The quantitative estimate of drug-likeness (QED) is 0.279. The maximum absolute atomic E-state index is 13.1. The van der Waals surface area contributed by atoms with Crippen LogP contribution in [0.3, 0.4) is 0 Å². The molecule has 0 unspecified atom stereocenters. The van der Waals surface area contributed by atoms with Crippen molar-refractivity contribution in [2.24, 2.45) is 0 Å². The molecule has 8 nitrogen and oxygen atoms in total. The van der Waals surface area contributed by atoms with Crippen LogP contribution in [-0.2, 0) is 21.4 Å². The first-order chi connectivity index (χ1) is 16.7. The predicted molar refractivity (Wildman–Crippen MR) is 131 cm³/mol. The molecule has 9 heteroatoms. The molecule has 0 N–H and O–H groups in total. The molecule has 0 bridgehead atoms. The van der Waals surface area contributed by atoms with Crippen molar-refractivity contribution in [3.63, 3.8) is 0 Å². The van der Waals surface area contributed by atoms with E-state index in [1.807, 2.05) is 19.1 Å². The van der Waals surface area contributed by atoms with Crippen LogP contribution in [0, 0.1) is 6.92 Å². The first kappa shape index (κ1) is 24.0. The molecule has 0 aliphatic rings. The van der Waals surface area contributed by atoms with Gasteiger partial charge in [0.1, 0.15) is 17.9 Å². The van der Waals surface area contributed by atoms with E-state index in [0.29, 0.717) is 28.0 Å². The van der Waals surface area contributed by atoms with Crippen LogP contribution in [0.25, 0.3) is 11.0 Å². The number of rotatable bonds is 7. The van der Waals surface area contributed by atoms with Gasteiger partial charge >= 0.3 is 11.6 Å². The van der Waals surface area contributed by atoms with Crippen LogP contribution in [0.15, 0.2) is 86.9 Å². The highest BCUT2D eigenvalue weighted by Crippen LogP contribution is 2.25. The Labute approximate surface area is 202 Å². The van der Waals surface area contributed by atoms with Crippen molar-refractivity contribution in [3.05, 3.63) is 99.9 Å². The SMILES string of the molecule is COc1ccc2c(COC(=O)c3cccc(S(=O)(=O)N(C)c4ccc(C)cc4)c3)cc(=O)oc2c1. The molecule has 0 radical (unpaired) electrons. The van der Waals surface area contributed by atoms with Gasteiger partial charge in [-0.15, -0.1) is 0 Å². The van der Waals surface area contributed by atoms with E-state index in [4.69, 9.17) is 13.9 Å². The zero-order valence-electron chi connectivity index (χ0n) is 19.3. The molecule has 0 fully saturated rings. The topological polar surface area (TPSA) is 103 Å². The van der Waals surface area contributed by atoms with Gasteiger partial charge < -0.3 is 13.9 Å². The smallest absolute Gasteiger partial charge is 0.338 e. The van der Waals surface area contributed by atoms with Crippen molar-refractivity contribution in [2.45, 2.75) is 18.4 Å². The number of hydrogen-bond acceptors (Lipinski definition) is 7. The number of nitrogens with zero attached hydrogens (tertiary/aromatic N) is 1. The Kier molecular flexibility index (Phi) is 6.61. The first-order valence-corrected chi connectivity index (χ1v) is 12.1. The second kappa shape index (κ2) is 9.63. The Balaban J connectivity index is 1.56. The van der Waals surface area contributed by atoms with Gasteiger partial charge in [-0.05, 0) is 49.4 Å². The number of aryl methyl sites for hydroxylation is 1. The highest BCUT2D eigenvalue weighted by atomic mass is 32.2. The van der Waals surface area contributed by atoms with Gasteiger partial charge in [-0.2, -0.15) is 0 Å². The highest BCUT2D eigenvalue weighted by molar-refractivity contribution is 7.92. The van der Waals surface area contributed by atoms with Gasteiger partial charge in [-0.25, -0.2) is 18.0 Å². The molecule has 3 aromatic carbocycles. The summed E-state index contributed by atoms with van der Waals surface area (Å²) in [7, 11) is -0.961. The average molecular weight is 494 g/mol. The molecular weight excluding hydrogens is 470 g/mol. The van der Waals surface area contributed by atoms with Gasteiger partial charge in [-0.3, -0.25) is 4.31 Å². The van der Waals surface area contributed by atoms with Crippen LogP contribution in [0.4, 0.5) is 5.69 Å². The summed E-state index contributed by atoms with van der Waals surface area (Å²) in [6.07, 6.45) is 0. The number of anilines is 1. The maximum atomic E-state index is 13.1.